The van der Waals surface area contributed by atoms with E-state index in [0.29, 0.717) is 12.5 Å². The van der Waals surface area contributed by atoms with Gasteiger partial charge in [0.15, 0.2) is 0 Å². The summed E-state index contributed by atoms with van der Waals surface area (Å²) in [6, 6.07) is 8.19. The Morgan fingerprint density at radius 3 is 2.62 bits per heavy atom. The van der Waals surface area contributed by atoms with E-state index in [2.05, 4.69) is 34.9 Å². The predicted molar refractivity (Wildman–Crippen MR) is 103 cm³/mol. The molecule has 3 rings (SSSR count). The molecule has 136 valence electrons. The lowest BCUT2D eigenvalue weighted by molar-refractivity contribution is 0.0554. The molecule has 1 aliphatic heterocycles. The summed E-state index contributed by atoms with van der Waals surface area (Å²) in [5, 5.41) is 13.8. The van der Waals surface area contributed by atoms with Crippen LogP contribution < -0.4 is 5.32 Å². The van der Waals surface area contributed by atoms with E-state index in [9.17, 15) is 5.11 Å². The highest BCUT2D eigenvalue weighted by Gasteiger charge is 2.23. The van der Waals surface area contributed by atoms with Gasteiger partial charge in [0.1, 0.15) is 5.82 Å². The molecule has 0 saturated carbocycles. The molecule has 0 aliphatic carbocycles. The summed E-state index contributed by atoms with van der Waals surface area (Å²) in [7, 11) is 4.12. The number of hydrogen-bond acceptors (Lipinski definition) is 4. The molecular formula is C17H28Cl2N4O. The van der Waals surface area contributed by atoms with Crippen molar-refractivity contribution in [3.05, 3.63) is 30.1 Å². The van der Waals surface area contributed by atoms with Gasteiger partial charge in [-0.05, 0) is 51.0 Å². The van der Waals surface area contributed by atoms with Crippen LogP contribution in [0.4, 0.5) is 0 Å². The summed E-state index contributed by atoms with van der Waals surface area (Å²) in [5.41, 5.74) is 2.19. The zero-order valence-electron chi connectivity index (χ0n) is 14.3. The van der Waals surface area contributed by atoms with Crippen molar-refractivity contribution < 1.29 is 5.11 Å². The van der Waals surface area contributed by atoms with E-state index in [0.717, 1.165) is 49.3 Å². The average molecular weight is 375 g/mol. The number of benzene rings is 1. The van der Waals surface area contributed by atoms with Gasteiger partial charge in [0.05, 0.1) is 23.7 Å². The minimum Gasteiger partial charge on any atom is -0.392 e. The van der Waals surface area contributed by atoms with Gasteiger partial charge < -0.3 is 15.0 Å². The van der Waals surface area contributed by atoms with E-state index in [4.69, 9.17) is 4.98 Å². The fraction of sp³-hybridized carbons (Fsp3) is 0.588. The number of piperidine rings is 1. The van der Waals surface area contributed by atoms with Crippen LogP contribution in [-0.4, -0.2) is 52.3 Å². The second kappa shape index (κ2) is 9.59. The second-order valence-corrected chi connectivity index (χ2v) is 6.43. The Morgan fingerprint density at radius 2 is 1.96 bits per heavy atom. The van der Waals surface area contributed by atoms with Crippen LogP contribution in [0.25, 0.3) is 11.0 Å². The highest BCUT2D eigenvalue weighted by Crippen LogP contribution is 2.18. The molecule has 1 unspecified atom stereocenters. The first-order valence-electron chi connectivity index (χ1n) is 8.13. The Bertz CT molecular complexity index is 628. The number of likely N-dealkylation sites (N-methyl/N-ethyl adjacent to an activating group) is 1. The van der Waals surface area contributed by atoms with Gasteiger partial charge >= 0.3 is 0 Å². The fourth-order valence-corrected chi connectivity index (χ4v) is 3.34. The predicted octanol–water partition coefficient (Wildman–Crippen LogP) is 2.21. The first kappa shape index (κ1) is 21.2. The van der Waals surface area contributed by atoms with Crippen molar-refractivity contribution in [3.63, 3.8) is 0 Å². The zero-order chi connectivity index (χ0) is 15.5. The van der Waals surface area contributed by atoms with Crippen molar-refractivity contribution in [3.8, 4) is 0 Å². The van der Waals surface area contributed by atoms with E-state index >= 15 is 0 Å². The van der Waals surface area contributed by atoms with Gasteiger partial charge in [-0.2, -0.15) is 0 Å². The Balaban J connectivity index is 0.00000144. The highest BCUT2D eigenvalue weighted by molar-refractivity contribution is 5.85. The quantitative estimate of drug-likeness (QED) is 0.842. The Hall–Kier alpha value is -0.850. The standard InChI is InChI=1S/C17H26N4O.2ClH/c1-20(11-16(22)13-7-9-18-10-8-13)12-17-19-14-5-3-4-6-15(14)21(17)2;;/h3-6,13,16,18,22H,7-12H2,1-2H3;2*1H. The SMILES string of the molecule is CN(Cc1nc2ccccc2n1C)CC(O)C1CCNCC1.Cl.Cl. The molecule has 2 N–H and O–H groups in total. The number of nitrogens with zero attached hydrogens (tertiary/aromatic N) is 3. The molecule has 7 heteroatoms. The number of aromatic nitrogens is 2. The van der Waals surface area contributed by atoms with E-state index < -0.39 is 0 Å². The number of aliphatic hydroxyl groups is 1. The number of aryl methyl sites for hydroxylation is 1. The smallest absolute Gasteiger partial charge is 0.123 e. The molecule has 0 amide bonds. The van der Waals surface area contributed by atoms with Crippen LogP contribution in [0.5, 0.6) is 0 Å². The van der Waals surface area contributed by atoms with Gasteiger partial charge in [0.2, 0.25) is 0 Å². The molecular weight excluding hydrogens is 347 g/mol. The fourth-order valence-electron chi connectivity index (χ4n) is 3.34. The third kappa shape index (κ3) is 4.83. The molecule has 0 bridgehead atoms. The van der Waals surface area contributed by atoms with Crippen molar-refractivity contribution >= 4 is 35.8 Å². The number of rotatable bonds is 5. The minimum absolute atomic E-state index is 0. The number of para-hydroxylation sites is 2. The summed E-state index contributed by atoms with van der Waals surface area (Å²) in [5.74, 6) is 1.46. The maximum atomic E-state index is 10.4. The van der Waals surface area contributed by atoms with Crippen molar-refractivity contribution in [2.24, 2.45) is 13.0 Å². The topological polar surface area (TPSA) is 53.3 Å². The average Bonchev–Trinajstić information content (AvgIpc) is 2.84. The summed E-state index contributed by atoms with van der Waals surface area (Å²) in [6.07, 6.45) is 1.89. The molecule has 0 radical (unpaired) electrons. The highest BCUT2D eigenvalue weighted by atomic mass is 35.5. The van der Waals surface area contributed by atoms with Crippen molar-refractivity contribution in [2.75, 3.05) is 26.7 Å². The van der Waals surface area contributed by atoms with Crippen molar-refractivity contribution in [2.45, 2.75) is 25.5 Å². The van der Waals surface area contributed by atoms with Gasteiger partial charge in [-0.3, -0.25) is 4.90 Å². The molecule has 24 heavy (non-hydrogen) atoms. The number of aliphatic hydroxyl groups excluding tert-OH is 1. The van der Waals surface area contributed by atoms with Crippen molar-refractivity contribution in [1.82, 2.24) is 19.8 Å². The number of imidazole rings is 1. The minimum atomic E-state index is -0.248. The summed E-state index contributed by atoms with van der Waals surface area (Å²) >= 11 is 0. The number of hydrogen-bond donors (Lipinski definition) is 2. The largest absolute Gasteiger partial charge is 0.392 e. The van der Waals surface area contributed by atoms with Crippen LogP contribution in [0.2, 0.25) is 0 Å². The third-order valence-corrected chi connectivity index (χ3v) is 4.72. The second-order valence-electron chi connectivity index (χ2n) is 6.43. The van der Waals surface area contributed by atoms with Gasteiger partial charge in [0.25, 0.3) is 0 Å². The maximum Gasteiger partial charge on any atom is 0.123 e. The summed E-state index contributed by atoms with van der Waals surface area (Å²) in [6.45, 7) is 3.51. The molecule has 1 saturated heterocycles. The lowest BCUT2D eigenvalue weighted by atomic mass is 9.92. The van der Waals surface area contributed by atoms with Crippen LogP contribution in [-0.2, 0) is 13.6 Å². The third-order valence-electron chi connectivity index (χ3n) is 4.72. The Kier molecular flexibility index (Phi) is 8.46. The summed E-state index contributed by atoms with van der Waals surface area (Å²) < 4.78 is 2.14. The normalized spacial score (nSPS) is 16.7. The van der Waals surface area contributed by atoms with Gasteiger partial charge in [0, 0.05) is 13.6 Å². The molecule has 1 aromatic heterocycles. The Labute approximate surface area is 156 Å². The molecule has 2 aromatic rings. The molecule has 0 spiro atoms. The van der Waals surface area contributed by atoms with Crippen LogP contribution in [0.3, 0.4) is 0 Å². The number of nitrogens with one attached hydrogen (secondary N) is 1. The number of halogens is 2. The van der Waals surface area contributed by atoms with E-state index in [1.165, 1.54) is 0 Å². The molecule has 1 atom stereocenters. The molecule has 1 aromatic carbocycles. The van der Waals surface area contributed by atoms with Crippen LogP contribution in [0.1, 0.15) is 18.7 Å². The van der Waals surface area contributed by atoms with Crippen LogP contribution in [0, 0.1) is 5.92 Å². The molecule has 2 heterocycles. The lowest BCUT2D eigenvalue weighted by Crippen LogP contribution is -2.39. The zero-order valence-corrected chi connectivity index (χ0v) is 15.9. The molecule has 1 aliphatic rings. The summed E-state index contributed by atoms with van der Waals surface area (Å²) in [4.78, 5) is 6.88. The first-order valence-corrected chi connectivity index (χ1v) is 8.13. The molecule has 1 fully saturated rings. The molecule has 5 nitrogen and oxygen atoms in total. The Morgan fingerprint density at radius 1 is 1.29 bits per heavy atom. The van der Waals surface area contributed by atoms with Crippen LogP contribution in [0.15, 0.2) is 24.3 Å². The van der Waals surface area contributed by atoms with E-state index in [1.807, 2.05) is 18.2 Å². The number of fused-ring (bicyclic) bond motifs is 1. The van der Waals surface area contributed by atoms with Crippen molar-refractivity contribution in [1.29, 1.82) is 0 Å². The van der Waals surface area contributed by atoms with E-state index in [1.54, 1.807) is 0 Å². The lowest BCUT2D eigenvalue weighted by Gasteiger charge is -2.30. The van der Waals surface area contributed by atoms with Gasteiger partial charge in [-0.15, -0.1) is 24.8 Å². The van der Waals surface area contributed by atoms with Gasteiger partial charge in [-0.25, -0.2) is 4.98 Å². The monoisotopic (exact) mass is 374 g/mol. The van der Waals surface area contributed by atoms with E-state index in [-0.39, 0.29) is 30.9 Å². The van der Waals surface area contributed by atoms with Gasteiger partial charge in [-0.1, -0.05) is 12.1 Å². The maximum absolute atomic E-state index is 10.4. The van der Waals surface area contributed by atoms with Crippen LogP contribution >= 0.6 is 24.8 Å². The first-order chi connectivity index (χ1) is 10.6.